The van der Waals surface area contributed by atoms with Crippen LogP contribution in [0.3, 0.4) is 0 Å². The number of hydrogen-bond acceptors (Lipinski definition) is 3. The summed E-state index contributed by atoms with van der Waals surface area (Å²) in [6.45, 7) is 5.62. The second kappa shape index (κ2) is 7.00. The summed E-state index contributed by atoms with van der Waals surface area (Å²) in [5.41, 5.74) is 2.93. The zero-order valence-corrected chi connectivity index (χ0v) is 15.2. The van der Waals surface area contributed by atoms with Crippen LogP contribution in [-0.2, 0) is 11.8 Å². The highest BCUT2D eigenvalue weighted by Crippen LogP contribution is 2.24. The van der Waals surface area contributed by atoms with Crippen molar-refractivity contribution < 1.29 is 14.3 Å². The van der Waals surface area contributed by atoms with Crippen molar-refractivity contribution in [2.45, 2.75) is 20.8 Å². The van der Waals surface area contributed by atoms with E-state index in [1.165, 1.54) is 0 Å². The van der Waals surface area contributed by atoms with Gasteiger partial charge in [0.25, 0.3) is 5.91 Å². The van der Waals surface area contributed by atoms with Gasteiger partial charge in [-0.1, -0.05) is 22.0 Å². The van der Waals surface area contributed by atoms with E-state index in [2.05, 4.69) is 21.2 Å². The molecule has 1 aromatic heterocycles. The van der Waals surface area contributed by atoms with Crippen LogP contribution in [-0.4, -0.2) is 23.1 Å². The number of carbonyl (C=O) groups excluding carboxylic acids is 2. The summed E-state index contributed by atoms with van der Waals surface area (Å²) in [6, 6.07) is 7.35. The highest BCUT2D eigenvalue weighted by atomic mass is 79.9. The zero-order valence-electron chi connectivity index (χ0n) is 13.6. The van der Waals surface area contributed by atoms with Crippen molar-refractivity contribution in [3.05, 3.63) is 51.3 Å². The number of ether oxygens (including phenoxy) is 1. The lowest BCUT2D eigenvalue weighted by Gasteiger charge is -2.06. The third kappa shape index (κ3) is 3.47. The van der Waals surface area contributed by atoms with Gasteiger partial charge in [-0.3, -0.25) is 4.79 Å². The average molecular weight is 379 g/mol. The van der Waals surface area contributed by atoms with Crippen molar-refractivity contribution in [3.63, 3.8) is 0 Å². The number of halogens is 1. The van der Waals surface area contributed by atoms with E-state index < -0.39 is 5.97 Å². The molecule has 0 saturated carbocycles. The summed E-state index contributed by atoms with van der Waals surface area (Å²) < 4.78 is 7.65. The van der Waals surface area contributed by atoms with Crippen LogP contribution >= 0.6 is 15.9 Å². The molecule has 1 heterocycles. The smallest absolute Gasteiger partial charge is 0.355 e. The van der Waals surface area contributed by atoms with Crippen LogP contribution in [0.4, 0.5) is 5.69 Å². The average Bonchev–Trinajstić information content (AvgIpc) is 2.69. The number of amides is 1. The maximum absolute atomic E-state index is 12.6. The normalized spacial score (nSPS) is 10.5. The summed E-state index contributed by atoms with van der Waals surface area (Å²) in [5, 5.41) is 2.86. The third-order valence-corrected chi connectivity index (χ3v) is 4.20. The summed E-state index contributed by atoms with van der Waals surface area (Å²) >= 11 is 3.37. The first-order valence-corrected chi connectivity index (χ1v) is 8.06. The van der Waals surface area contributed by atoms with Crippen molar-refractivity contribution in [1.29, 1.82) is 0 Å². The fourth-order valence-electron chi connectivity index (χ4n) is 2.56. The summed E-state index contributed by atoms with van der Waals surface area (Å²) in [7, 11) is 1.75. The number of hydrogen-bond donors (Lipinski definition) is 1. The van der Waals surface area contributed by atoms with Crippen molar-refractivity contribution in [3.8, 4) is 0 Å². The van der Waals surface area contributed by atoms with Crippen LogP contribution in [0.1, 0.15) is 39.0 Å². The summed E-state index contributed by atoms with van der Waals surface area (Å²) in [6.07, 6.45) is 0. The predicted octanol–water partition coefficient (Wildman–Crippen LogP) is 3.83. The van der Waals surface area contributed by atoms with Crippen LogP contribution in [0.15, 0.2) is 28.7 Å². The zero-order chi connectivity index (χ0) is 17.1. The molecule has 0 fully saturated rings. The number of anilines is 1. The van der Waals surface area contributed by atoms with Crippen LogP contribution in [0.2, 0.25) is 0 Å². The van der Waals surface area contributed by atoms with Crippen LogP contribution in [0, 0.1) is 13.8 Å². The first-order chi connectivity index (χ1) is 10.9. The Morgan fingerprint density at radius 1 is 1.30 bits per heavy atom. The van der Waals surface area contributed by atoms with Gasteiger partial charge in [0.2, 0.25) is 0 Å². The fraction of sp³-hybridized carbons (Fsp3) is 0.294. The van der Waals surface area contributed by atoms with E-state index in [1.807, 2.05) is 31.2 Å². The van der Waals surface area contributed by atoms with Crippen LogP contribution < -0.4 is 5.32 Å². The second-order valence-corrected chi connectivity index (χ2v) is 6.09. The SMILES string of the molecule is CCOC(=O)c1c(C)c(C(=O)Nc2cccc(Br)c2)c(C)n1C. The number of carbonyl (C=O) groups is 2. The molecule has 0 saturated heterocycles. The molecule has 0 radical (unpaired) electrons. The molecule has 1 amide bonds. The van der Waals surface area contributed by atoms with Gasteiger partial charge >= 0.3 is 5.97 Å². The molecule has 2 aromatic rings. The molecular weight excluding hydrogens is 360 g/mol. The lowest BCUT2D eigenvalue weighted by Crippen LogP contribution is -2.14. The Hall–Kier alpha value is -2.08. The minimum atomic E-state index is -0.419. The number of nitrogens with zero attached hydrogens (tertiary/aromatic N) is 1. The first kappa shape index (κ1) is 17.3. The largest absolute Gasteiger partial charge is 0.461 e. The van der Waals surface area contributed by atoms with Gasteiger partial charge in [-0.25, -0.2) is 4.79 Å². The van der Waals surface area contributed by atoms with Gasteiger partial charge in [0.15, 0.2) is 0 Å². The van der Waals surface area contributed by atoms with Crippen molar-refractivity contribution in [1.82, 2.24) is 4.57 Å². The molecule has 2 rings (SSSR count). The first-order valence-electron chi connectivity index (χ1n) is 7.26. The monoisotopic (exact) mass is 378 g/mol. The maximum Gasteiger partial charge on any atom is 0.355 e. The standard InChI is InChI=1S/C17H19BrN2O3/c1-5-23-17(22)15-10(2)14(11(3)20(15)4)16(21)19-13-8-6-7-12(18)9-13/h6-9H,5H2,1-4H3,(H,19,21). The molecular formula is C17H19BrN2O3. The Balaban J connectivity index is 2.38. The fourth-order valence-corrected chi connectivity index (χ4v) is 2.96. The molecule has 0 aliphatic heterocycles. The highest BCUT2D eigenvalue weighted by molar-refractivity contribution is 9.10. The molecule has 1 N–H and O–H groups in total. The van der Waals surface area contributed by atoms with Gasteiger partial charge in [-0.2, -0.15) is 0 Å². The van der Waals surface area contributed by atoms with Crippen LogP contribution in [0.25, 0.3) is 0 Å². The van der Waals surface area contributed by atoms with E-state index in [0.29, 0.717) is 29.1 Å². The van der Waals surface area contributed by atoms with E-state index >= 15 is 0 Å². The van der Waals surface area contributed by atoms with E-state index in [0.717, 1.165) is 10.2 Å². The van der Waals surface area contributed by atoms with Crippen molar-refractivity contribution in [2.75, 3.05) is 11.9 Å². The quantitative estimate of drug-likeness (QED) is 0.822. The number of rotatable bonds is 4. The predicted molar refractivity (Wildman–Crippen MR) is 92.9 cm³/mol. The topological polar surface area (TPSA) is 60.3 Å². The molecule has 0 unspecified atom stereocenters. The molecule has 0 bridgehead atoms. The molecule has 0 aliphatic rings. The Morgan fingerprint density at radius 3 is 2.61 bits per heavy atom. The lowest BCUT2D eigenvalue weighted by molar-refractivity contribution is 0.0514. The number of aromatic nitrogens is 1. The number of nitrogens with one attached hydrogen (secondary N) is 1. The van der Waals surface area contributed by atoms with E-state index in [1.54, 1.807) is 25.5 Å². The van der Waals surface area contributed by atoms with Gasteiger partial charge in [0.1, 0.15) is 5.69 Å². The van der Waals surface area contributed by atoms with E-state index in [4.69, 9.17) is 4.74 Å². The molecule has 0 aliphatic carbocycles. The molecule has 1 aromatic carbocycles. The minimum absolute atomic E-state index is 0.246. The van der Waals surface area contributed by atoms with Crippen molar-refractivity contribution >= 4 is 33.5 Å². The molecule has 122 valence electrons. The lowest BCUT2D eigenvalue weighted by atomic mass is 10.1. The van der Waals surface area contributed by atoms with Crippen LogP contribution in [0.5, 0.6) is 0 Å². The Labute approximate surface area is 143 Å². The van der Waals surface area contributed by atoms with Gasteiger partial charge < -0.3 is 14.6 Å². The Bertz CT molecular complexity index is 765. The Morgan fingerprint density at radius 2 is 2.00 bits per heavy atom. The molecule has 5 nitrogen and oxygen atoms in total. The molecule has 0 spiro atoms. The third-order valence-electron chi connectivity index (χ3n) is 3.71. The van der Waals surface area contributed by atoms with E-state index in [-0.39, 0.29) is 5.91 Å². The molecule has 23 heavy (non-hydrogen) atoms. The summed E-state index contributed by atoms with van der Waals surface area (Å²) in [4.78, 5) is 24.7. The number of esters is 1. The van der Waals surface area contributed by atoms with Gasteiger partial charge in [-0.05, 0) is 44.5 Å². The molecule has 0 atom stereocenters. The van der Waals surface area contributed by atoms with Gasteiger partial charge in [-0.15, -0.1) is 0 Å². The molecule has 6 heteroatoms. The number of benzene rings is 1. The Kier molecular flexibility index (Phi) is 5.26. The van der Waals surface area contributed by atoms with Gasteiger partial charge in [0, 0.05) is 22.9 Å². The van der Waals surface area contributed by atoms with Crippen molar-refractivity contribution in [2.24, 2.45) is 7.05 Å². The van der Waals surface area contributed by atoms with E-state index in [9.17, 15) is 9.59 Å². The summed E-state index contributed by atoms with van der Waals surface area (Å²) in [5.74, 6) is -0.665. The highest BCUT2D eigenvalue weighted by Gasteiger charge is 2.25. The minimum Gasteiger partial charge on any atom is -0.461 e. The second-order valence-electron chi connectivity index (χ2n) is 5.18. The maximum atomic E-state index is 12.6. The van der Waals surface area contributed by atoms with Gasteiger partial charge in [0.05, 0.1) is 12.2 Å².